The summed E-state index contributed by atoms with van der Waals surface area (Å²) in [5.74, 6) is -0.423. The van der Waals surface area contributed by atoms with Crippen molar-refractivity contribution in [1.82, 2.24) is 15.5 Å². The molecule has 7 heteroatoms. The number of aliphatic imine (C=N–C) groups is 1. The maximum Gasteiger partial charge on any atom is 0.230 e. The van der Waals surface area contributed by atoms with Gasteiger partial charge in [-0.2, -0.15) is 0 Å². The molecule has 1 aromatic rings. The third-order valence-corrected chi connectivity index (χ3v) is 4.87. The van der Waals surface area contributed by atoms with E-state index in [2.05, 4.69) is 15.6 Å². The first-order valence-electron chi connectivity index (χ1n) is 8.97. The molecule has 1 aliphatic rings. The molecule has 1 aromatic carbocycles. The van der Waals surface area contributed by atoms with Crippen molar-refractivity contribution in [3.8, 4) is 0 Å². The number of nitrogens with zero attached hydrogens (tertiary/aromatic N) is 2. The highest BCUT2D eigenvalue weighted by atomic mass is 19.1. The highest BCUT2D eigenvalue weighted by Crippen LogP contribution is 2.38. The van der Waals surface area contributed by atoms with Crippen LogP contribution in [0, 0.1) is 17.0 Å². The van der Waals surface area contributed by atoms with Crippen LogP contribution < -0.4 is 10.6 Å². The Morgan fingerprint density at radius 1 is 1.15 bits per heavy atom. The number of hydrogen-bond donors (Lipinski definition) is 2. The van der Waals surface area contributed by atoms with E-state index in [0.717, 1.165) is 31.7 Å². The van der Waals surface area contributed by atoms with E-state index in [9.17, 15) is 13.6 Å². The first-order valence-corrected chi connectivity index (χ1v) is 8.97. The van der Waals surface area contributed by atoms with Crippen LogP contribution >= 0.6 is 0 Å². The summed E-state index contributed by atoms with van der Waals surface area (Å²) in [6.07, 6.45) is 4.32. The van der Waals surface area contributed by atoms with Gasteiger partial charge in [-0.1, -0.05) is 12.8 Å². The number of carbonyl (C=O) groups excluding carboxylic acids is 1. The predicted molar refractivity (Wildman–Crippen MR) is 99.0 cm³/mol. The molecule has 5 nitrogen and oxygen atoms in total. The van der Waals surface area contributed by atoms with E-state index in [1.807, 2.05) is 0 Å². The minimum absolute atomic E-state index is 0.146. The smallest absolute Gasteiger partial charge is 0.230 e. The molecular formula is C19H28F2N4O. The summed E-state index contributed by atoms with van der Waals surface area (Å²) >= 11 is 0. The van der Waals surface area contributed by atoms with Gasteiger partial charge in [0, 0.05) is 40.3 Å². The molecule has 1 fully saturated rings. The van der Waals surface area contributed by atoms with Crippen LogP contribution in [0.3, 0.4) is 0 Å². The van der Waals surface area contributed by atoms with Crippen molar-refractivity contribution in [2.24, 2.45) is 10.4 Å². The molecule has 0 heterocycles. The number of hydrogen-bond acceptors (Lipinski definition) is 2. The average Bonchev–Trinajstić information content (AvgIpc) is 3.06. The van der Waals surface area contributed by atoms with Gasteiger partial charge in [-0.05, 0) is 37.0 Å². The maximum atomic E-state index is 13.2. The number of guanidine groups is 1. The fourth-order valence-corrected chi connectivity index (χ4v) is 3.55. The van der Waals surface area contributed by atoms with Crippen molar-refractivity contribution in [1.29, 1.82) is 0 Å². The fourth-order valence-electron chi connectivity index (χ4n) is 3.55. The Balaban J connectivity index is 1.88. The summed E-state index contributed by atoms with van der Waals surface area (Å²) in [4.78, 5) is 18.4. The summed E-state index contributed by atoms with van der Waals surface area (Å²) in [6.45, 7) is 1.01. The van der Waals surface area contributed by atoms with Gasteiger partial charge in [-0.3, -0.25) is 9.79 Å². The van der Waals surface area contributed by atoms with E-state index >= 15 is 0 Å². The fraction of sp³-hybridized carbons (Fsp3) is 0.579. The Bertz CT molecular complexity index is 635. The molecule has 0 unspecified atom stereocenters. The molecule has 1 amide bonds. The van der Waals surface area contributed by atoms with E-state index in [0.29, 0.717) is 31.0 Å². The lowest BCUT2D eigenvalue weighted by Crippen LogP contribution is -2.49. The third kappa shape index (κ3) is 5.16. The van der Waals surface area contributed by atoms with Crippen molar-refractivity contribution >= 4 is 11.9 Å². The van der Waals surface area contributed by atoms with Crippen molar-refractivity contribution in [2.75, 3.05) is 34.2 Å². The van der Waals surface area contributed by atoms with Crippen LogP contribution in [0.25, 0.3) is 0 Å². The maximum absolute atomic E-state index is 13.2. The second kappa shape index (κ2) is 8.96. The van der Waals surface area contributed by atoms with Crippen LogP contribution in [0.5, 0.6) is 0 Å². The summed E-state index contributed by atoms with van der Waals surface area (Å²) in [7, 11) is 5.23. The van der Waals surface area contributed by atoms with Crippen LogP contribution in [0.15, 0.2) is 23.2 Å². The van der Waals surface area contributed by atoms with Crippen molar-refractivity contribution in [3.05, 3.63) is 35.4 Å². The lowest BCUT2D eigenvalue weighted by molar-refractivity contribution is -0.138. The number of amides is 1. The molecule has 2 N–H and O–H groups in total. The predicted octanol–water partition coefficient (Wildman–Crippen LogP) is 2.32. The van der Waals surface area contributed by atoms with Gasteiger partial charge in [-0.15, -0.1) is 0 Å². The molecule has 0 radical (unpaired) electrons. The topological polar surface area (TPSA) is 56.7 Å². The second-order valence-corrected chi connectivity index (χ2v) is 7.07. The van der Waals surface area contributed by atoms with Gasteiger partial charge in [0.15, 0.2) is 5.96 Å². The molecule has 0 bridgehead atoms. The molecule has 0 aromatic heterocycles. The summed E-state index contributed by atoms with van der Waals surface area (Å²) < 4.78 is 26.4. The van der Waals surface area contributed by atoms with E-state index in [4.69, 9.17) is 0 Å². The van der Waals surface area contributed by atoms with Gasteiger partial charge in [-0.25, -0.2) is 8.78 Å². The minimum atomic E-state index is -0.576. The van der Waals surface area contributed by atoms with Gasteiger partial charge >= 0.3 is 0 Å². The Morgan fingerprint density at radius 2 is 1.77 bits per heavy atom. The van der Waals surface area contributed by atoms with Crippen LogP contribution in [0.4, 0.5) is 8.78 Å². The quantitative estimate of drug-likeness (QED) is 0.600. The Morgan fingerprint density at radius 3 is 2.31 bits per heavy atom. The van der Waals surface area contributed by atoms with E-state index < -0.39 is 11.6 Å². The number of nitrogens with one attached hydrogen (secondary N) is 2. The van der Waals surface area contributed by atoms with E-state index in [1.54, 1.807) is 26.0 Å². The highest BCUT2D eigenvalue weighted by Gasteiger charge is 2.42. The standard InChI is InChI=1S/C19H28F2N4O/c1-22-18(23-9-6-14-10-15(20)12-16(21)11-14)24-13-19(7-4-5-8-19)17(26)25(2)3/h10-12H,4-9,13H2,1-3H3,(H2,22,23,24). The van der Waals surface area contributed by atoms with Crippen molar-refractivity contribution in [2.45, 2.75) is 32.1 Å². The Labute approximate surface area is 153 Å². The average molecular weight is 366 g/mol. The SMILES string of the molecule is CN=C(NCCc1cc(F)cc(F)c1)NCC1(C(=O)N(C)C)CCCC1. The first kappa shape index (κ1) is 20.1. The number of rotatable bonds is 6. The van der Waals surface area contributed by atoms with E-state index in [-0.39, 0.29) is 11.3 Å². The molecular weight excluding hydrogens is 338 g/mol. The normalized spacial score (nSPS) is 16.4. The number of halogens is 2. The largest absolute Gasteiger partial charge is 0.356 e. The van der Waals surface area contributed by atoms with Crippen LogP contribution in [0.2, 0.25) is 0 Å². The van der Waals surface area contributed by atoms with Gasteiger partial charge in [0.1, 0.15) is 11.6 Å². The number of benzene rings is 1. The first-order chi connectivity index (χ1) is 12.4. The molecule has 0 saturated heterocycles. The minimum Gasteiger partial charge on any atom is -0.356 e. The molecule has 0 aliphatic heterocycles. The third-order valence-electron chi connectivity index (χ3n) is 4.87. The zero-order chi connectivity index (χ0) is 19.2. The summed E-state index contributed by atoms with van der Waals surface area (Å²) in [6, 6.07) is 3.51. The summed E-state index contributed by atoms with van der Waals surface area (Å²) in [5.41, 5.74) is 0.202. The highest BCUT2D eigenvalue weighted by molar-refractivity contribution is 5.85. The molecule has 26 heavy (non-hydrogen) atoms. The zero-order valence-electron chi connectivity index (χ0n) is 15.7. The van der Waals surface area contributed by atoms with Crippen LogP contribution in [-0.4, -0.2) is 51.0 Å². The lowest BCUT2D eigenvalue weighted by atomic mass is 9.84. The van der Waals surface area contributed by atoms with Gasteiger partial charge in [0.2, 0.25) is 5.91 Å². The van der Waals surface area contributed by atoms with Gasteiger partial charge in [0.25, 0.3) is 0 Å². The lowest BCUT2D eigenvalue weighted by Gasteiger charge is -2.31. The molecule has 144 valence electrons. The van der Waals surface area contributed by atoms with Crippen LogP contribution in [-0.2, 0) is 11.2 Å². The molecule has 1 saturated carbocycles. The molecule has 2 rings (SSSR count). The zero-order valence-corrected chi connectivity index (χ0v) is 15.7. The summed E-state index contributed by atoms with van der Waals surface area (Å²) in [5, 5.41) is 6.38. The van der Waals surface area contributed by atoms with Crippen molar-refractivity contribution in [3.63, 3.8) is 0 Å². The van der Waals surface area contributed by atoms with Crippen molar-refractivity contribution < 1.29 is 13.6 Å². The second-order valence-electron chi connectivity index (χ2n) is 7.07. The number of carbonyl (C=O) groups is 1. The molecule has 0 spiro atoms. The monoisotopic (exact) mass is 366 g/mol. The Kier molecular flexibility index (Phi) is 6.94. The van der Waals surface area contributed by atoms with Gasteiger partial charge < -0.3 is 15.5 Å². The van der Waals surface area contributed by atoms with Gasteiger partial charge in [0.05, 0.1) is 5.41 Å². The Hall–Kier alpha value is -2.18. The van der Waals surface area contributed by atoms with E-state index in [1.165, 1.54) is 12.1 Å². The molecule has 1 aliphatic carbocycles. The van der Waals surface area contributed by atoms with Crippen LogP contribution in [0.1, 0.15) is 31.2 Å². The molecule has 0 atom stereocenters.